The average molecular weight is 359 g/mol. The van der Waals surface area contributed by atoms with E-state index < -0.39 is 29.7 Å². The molecule has 4 amide bonds. The Hall–Kier alpha value is -3.23. The van der Waals surface area contributed by atoms with Crippen LogP contribution in [0.15, 0.2) is 18.2 Å². The molecule has 1 aromatic rings. The van der Waals surface area contributed by atoms with Crippen molar-refractivity contribution in [3.8, 4) is 0 Å². The Morgan fingerprint density at radius 2 is 1.96 bits per heavy atom. The van der Waals surface area contributed by atoms with Crippen molar-refractivity contribution < 1.29 is 29.1 Å². The predicted octanol–water partition coefficient (Wildman–Crippen LogP) is 0.317. The molecule has 1 unspecified atom stereocenters. The van der Waals surface area contributed by atoms with Gasteiger partial charge in [0.25, 0.3) is 17.7 Å². The fourth-order valence-corrected chi connectivity index (χ4v) is 3.18. The van der Waals surface area contributed by atoms with Gasteiger partial charge in [0, 0.05) is 25.7 Å². The van der Waals surface area contributed by atoms with Crippen molar-refractivity contribution in [2.24, 2.45) is 0 Å². The lowest BCUT2D eigenvalue weighted by molar-refractivity contribution is -0.149. The van der Waals surface area contributed by atoms with E-state index in [2.05, 4.69) is 5.32 Å². The topological polar surface area (TPSA) is 124 Å². The number of amides is 4. The SMILES string of the molecule is CN1C(=O)CCC(N2C(=O)c3cccc(NCCC(=O)O)c3C2=O)C1=O. The van der Waals surface area contributed by atoms with Gasteiger partial charge in [-0.05, 0) is 18.6 Å². The summed E-state index contributed by atoms with van der Waals surface area (Å²) in [4.78, 5) is 62.0. The van der Waals surface area contributed by atoms with E-state index in [1.807, 2.05) is 0 Å². The van der Waals surface area contributed by atoms with E-state index in [1.165, 1.54) is 13.1 Å². The largest absolute Gasteiger partial charge is 0.481 e. The summed E-state index contributed by atoms with van der Waals surface area (Å²) in [7, 11) is 1.33. The van der Waals surface area contributed by atoms with Crippen molar-refractivity contribution in [2.45, 2.75) is 25.3 Å². The molecule has 1 saturated heterocycles. The third-order valence-corrected chi connectivity index (χ3v) is 4.53. The van der Waals surface area contributed by atoms with Crippen LogP contribution >= 0.6 is 0 Å². The molecule has 0 aromatic heterocycles. The number of carboxylic acids is 1. The summed E-state index contributed by atoms with van der Waals surface area (Å²) in [5.41, 5.74) is 0.621. The molecule has 9 nitrogen and oxygen atoms in total. The van der Waals surface area contributed by atoms with E-state index in [0.717, 1.165) is 9.80 Å². The molecule has 1 atom stereocenters. The first-order valence-corrected chi connectivity index (χ1v) is 8.10. The van der Waals surface area contributed by atoms with Crippen molar-refractivity contribution in [3.63, 3.8) is 0 Å². The van der Waals surface area contributed by atoms with Crippen LogP contribution in [0.4, 0.5) is 5.69 Å². The predicted molar refractivity (Wildman–Crippen MR) is 88.5 cm³/mol. The van der Waals surface area contributed by atoms with E-state index in [1.54, 1.807) is 12.1 Å². The van der Waals surface area contributed by atoms with E-state index in [0.29, 0.717) is 5.69 Å². The highest BCUT2D eigenvalue weighted by Crippen LogP contribution is 2.33. The van der Waals surface area contributed by atoms with E-state index in [9.17, 15) is 24.0 Å². The number of likely N-dealkylation sites (N-methyl/N-ethyl adjacent to an activating group) is 1. The van der Waals surface area contributed by atoms with Gasteiger partial charge < -0.3 is 10.4 Å². The van der Waals surface area contributed by atoms with E-state index >= 15 is 0 Å². The lowest BCUT2D eigenvalue weighted by atomic mass is 10.0. The highest BCUT2D eigenvalue weighted by Gasteiger charge is 2.46. The summed E-state index contributed by atoms with van der Waals surface area (Å²) in [6.07, 6.45) is 0.0167. The number of nitrogens with zero attached hydrogens (tertiary/aromatic N) is 2. The molecule has 9 heteroatoms. The van der Waals surface area contributed by atoms with Gasteiger partial charge in [0.05, 0.1) is 17.5 Å². The molecule has 0 aliphatic carbocycles. The molecule has 0 saturated carbocycles. The molecule has 2 aliphatic heterocycles. The molecular weight excluding hydrogens is 342 g/mol. The van der Waals surface area contributed by atoms with Crippen LogP contribution in [0.1, 0.15) is 40.0 Å². The van der Waals surface area contributed by atoms with Gasteiger partial charge in [0.15, 0.2) is 0 Å². The van der Waals surface area contributed by atoms with Gasteiger partial charge >= 0.3 is 5.97 Å². The number of imide groups is 2. The summed E-state index contributed by atoms with van der Waals surface area (Å²) >= 11 is 0. The molecule has 2 N–H and O–H groups in total. The number of fused-ring (bicyclic) bond motifs is 1. The summed E-state index contributed by atoms with van der Waals surface area (Å²) < 4.78 is 0. The van der Waals surface area contributed by atoms with Crippen LogP contribution in [-0.4, -0.2) is 64.1 Å². The lowest BCUT2D eigenvalue weighted by Gasteiger charge is -2.32. The molecule has 2 heterocycles. The maximum atomic E-state index is 12.9. The van der Waals surface area contributed by atoms with Crippen LogP contribution in [0.2, 0.25) is 0 Å². The molecule has 0 radical (unpaired) electrons. The first-order valence-electron chi connectivity index (χ1n) is 8.10. The number of rotatable bonds is 5. The number of nitrogens with one attached hydrogen (secondary N) is 1. The van der Waals surface area contributed by atoms with Crippen LogP contribution < -0.4 is 5.32 Å². The Bertz CT molecular complexity index is 834. The zero-order valence-corrected chi connectivity index (χ0v) is 14.0. The number of likely N-dealkylation sites (tertiary alicyclic amines) is 1. The minimum absolute atomic E-state index is 0.0734. The number of hydrogen-bond acceptors (Lipinski definition) is 6. The third-order valence-electron chi connectivity index (χ3n) is 4.53. The van der Waals surface area contributed by atoms with Gasteiger partial charge in [0.1, 0.15) is 6.04 Å². The molecule has 0 bridgehead atoms. The van der Waals surface area contributed by atoms with Gasteiger partial charge in [-0.3, -0.25) is 33.8 Å². The second-order valence-corrected chi connectivity index (χ2v) is 6.12. The van der Waals surface area contributed by atoms with Crippen LogP contribution in [0.3, 0.4) is 0 Å². The summed E-state index contributed by atoms with van der Waals surface area (Å²) in [5.74, 6) is -3.14. The zero-order chi connectivity index (χ0) is 19.0. The summed E-state index contributed by atoms with van der Waals surface area (Å²) in [6, 6.07) is 3.62. The third kappa shape index (κ3) is 2.81. The molecule has 0 spiro atoms. The van der Waals surface area contributed by atoms with Crippen molar-refractivity contribution in [1.29, 1.82) is 0 Å². The van der Waals surface area contributed by atoms with Crippen LogP contribution in [-0.2, 0) is 14.4 Å². The van der Waals surface area contributed by atoms with Crippen LogP contribution in [0.25, 0.3) is 0 Å². The Balaban J connectivity index is 1.89. The number of carbonyl (C=O) groups excluding carboxylic acids is 4. The maximum Gasteiger partial charge on any atom is 0.305 e. The second-order valence-electron chi connectivity index (χ2n) is 6.12. The first kappa shape index (κ1) is 17.6. The molecule has 2 aliphatic rings. The molecule has 136 valence electrons. The highest BCUT2D eigenvalue weighted by atomic mass is 16.4. The quantitative estimate of drug-likeness (QED) is 0.725. The first-order chi connectivity index (χ1) is 12.3. The average Bonchev–Trinajstić information content (AvgIpc) is 2.85. The Morgan fingerprint density at radius 3 is 2.65 bits per heavy atom. The van der Waals surface area contributed by atoms with Crippen molar-refractivity contribution in [2.75, 3.05) is 18.9 Å². The fourth-order valence-electron chi connectivity index (χ4n) is 3.18. The van der Waals surface area contributed by atoms with Crippen LogP contribution in [0.5, 0.6) is 0 Å². The fraction of sp³-hybridized carbons (Fsp3) is 0.353. The maximum absolute atomic E-state index is 12.9. The summed E-state index contributed by atoms with van der Waals surface area (Å²) in [5, 5.41) is 11.6. The number of aliphatic carboxylic acids is 1. The number of carboxylic acid groups (broad SMARTS) is 1. The van der Waals surface area contributed by atoms with Gasteiger partial charge in [-0.15, -0.1) is 0 Å². The monoisotopic (exact) mass is 359 g/mol. The van der Waals surface area contributed by atoms with Gasteiger partial charge in [-0.2, -0.15) is 0 Å². The van der Waals surface area contributed by atoms with Gasteiger partial charge in [0.2, 0.25) is 5.91 Å². The Labute approximate surface area is 148 Å². The minimum atomic E-state index is -1.02. The number of anilines is 1. The molecule has 1 aromatic carbocycles. The zero-order valence-electron chi connectivity index (χ0n) is 14.0. The Kier molecular flexibility index (Phi) is 4.45. The molecule has 3 rings (SSSR count). The number of piperidine rings is 1. The van der Waals surface area contributed by atoms with Crippen molar-refractivity contribution >= 4 is 35.3 Å². The number of benzene rings is 1. The second kappa shape index (κ2) is 6.58. The van der Waals surface area contributed by atoms with Gasteiger partial charge in [-0.25, -0.2) is 0 Å². The number of hydrogen-bond donors (Lipinski definition) is 2. The summed E-state index contributed by atoms with van der Waals surface area (Å²) in [6.45, 7) is 0.0901. The highest BCUT2D eigenvalue weighted by molar-refractivity contribution is 6.25. The number of carbonyl (C=O) groups is 5. The molecule has 26 heavy (non-hydrogen) atoms. The lowest BCUT2D eigenvalue weighted by Crippen LogP contribution is -2.54. The molecular formula is C17H17N3O6. The normalized spacial score (nSPS) is 19.8. The van der Waals surface area contributed by atoms with Crippen LogP contribution in [0, 0.1) is 0 Å². The standard InChI is InChI=1S/C17H17N3O6/c1-19-12(21)6-5-11(16(19)25)20-15(24)9-3-2-4-10(14(9)17(20)26)18-8-7-13(22)23/h2-4,11,18H,5-8H2,1H3,(H,22,23). The van der Waals surface area contributed by atoms with E-state index in [4.69, 9.17) is 5.11 Å². The smallest absolute Gasteiger partial charge is 0.305 e. The van der Waals surface area contributed by atoms with Crippen molar-refractivity contribution in [3.05, 3.63) is 29.3 Å². The minimum Gasteiger partial charge on any atom is -0.481 e. The van der Waals surface area contributed by atoms with Crippen molar-refractivity contribution in [1.82, 2.24) is 9.80 Å². The van der Waals surface area contributed by atoms with E-state index in [-0.39, 0.29) is 42.8 Å². The molecule has 1 fully saturated rings. The Morgan fingerprint density at radius 1 is 1.23 bits per heavy atom. The van der Waals surface area contributed by atoms with Gasteiger partial charge in [-0.1, -0.05) is 6.07 Å².